The predicted molar refractivity (Wildman–Crippen MR) is 59.7 cm³/mol. The van der Waals surface area contributed by atoms with Gasteiger partial charge in [-0.1, -0.05) is 15.9 Å². The quantitative estimate of drug-likeness (QED) is 0.828. The summed E-state index contributed by atoms with van der Waals surface area (Å²) >= 11 is 2.71. The Labute approximate surface area is 99.5 Å². The van der Waals surface area contributed by atoms with Crippen molar-refractivity contribution in [1.82, 2.24) is 0 Å². The smallest absolute Gasteiger partial charge is 0.335 e. The van der Waals surface area contributed by atoms with Gasteiger partial charge in [-0.05, 0) is 18.2 Å². The van der Waals surface area contributed by atoms with Gasteiger partial charge < -0.3 is 5.11 Å². The van der Waals surface area contributed by atoms with Gasteiger partial charge in [0.05, 0.1) is 11.3 Å². The molecule has 16 heavy (non-hydrogen) atoms. The highest BCUT2D eigenvalue weighted by Crippen LogP contribution is 2.18. The third kappa shape index (κ3) is 3.17. The molecule has 0 heterocycles. The molecule has 5 nitrogen and oxygen atoms in total. The first-order valence-corrected chi connectivity index (χ1v) is 6.72. The number of nitrogens with one attached hydrogen (secondary N) is 1. The van der Waals surface area contributed by atoms with Crippen LogP contribution in [0, 0.1) is 5.82 Å². The zero-order chi connectivity index (χ0) is 12.3. The van der Waals surface area contributed by atoms with E-state index >= 15 is 0 Å². The van der Waals surface area contributed by atoms with Crippen molar-refractivity contribution in [1.29, 1.82) is 0 Å². The first-order chi connectivity index (χ1) is 7.35. The Kier molecular flexibility index (Phi) is 3.87. The second-order valence-corrected chi connectivity index (χ2v) is 5.85. The van der Waals surface area contributed by atoms with Crippen molar-refractivity contribution in [2.24, 2.45) is 0 Å². The molecule has 0 fully saturated rings. The number of anilines is 1. The number of hydrogen-bond donors (Lipinski definition) is 2. The number of halogens is 2. The second kappa shape index (κ2) is 4.79. The Bertz CT molecular complexity index is 517. The van der Waals surface area contributed by atoms with Crippen LogP contribution in [0.4, 0.5) is 10.1 Å². The van der Waals surface area contributed by atoms with Crippen LogP contribution in [0.25, 0.3) is 0 Å². The minimum absolute atomic E-state index is 0.200. The molecule has 0 bridgehead atoms. The Morgan fingerprint density at radius 1 is 1.50 bits per heavy atom. The van der Waals surface area contributed by atoms with Crippen molar-refractivity contribution in [2.75, 3.05) is 9.38 Å². The molecule has 88 valence electrons. The summed E-state index contributed by atoms with van der Waals surface area (Å²) in [6.45, 7) is 0. The van der Waals surface area contributed by atoms with Crippen LogP contribution in [0.1, 0.15) is 10.4 Å². The van der Waals surface area contributed by atoms with Crippen LogP contribution in [-0.4, -0.2) is 24.2 Å². The van der Waals surface area contributed by atoms with E-state index in [0.717, 1.165) is 18.2 Å². The summed E-state index contributed by atoms with van der Waals surface area (Å²) < 4.78 is 36.9. The number of benzene rings is 1. The number of alkyl halides is 1. The summed E-state index contributed by atoms with van der Waals surface area (Å²) in [7, 11) is -3.70. The molecule has 0 amide bonds. The Hall–Kier alpha value is -1.15. The van der Waals surface area contributed by atoms with E-state index in [2.05, 4.69) is 15.9 Å². The highest BCUT2D eigenvalue weighted by molar-refractivity contribution is 9.10. The minimum Gasteiger partial charge on any atom is -0.478 e. The second-order valence-electron chi connectivity index (χ2n) is 2.83. The predicted octanol–water partition coefficient (Wildman–Crippen LogP) is 1.62. The average molecular weight is 312 g/mol. The summed E-state index contributed by atoms with van der Waals surface area (Å²) in [4.78, 5) is 10.6. The number of carbonyl (C=O) groups is 1. The number of hydrogen-bond acceptors (Lipinski definition) is 3. The van der Waals surface area contributed by atoms with E-state index in [4.69, 9.17) is 5.11 Å². The highest BCUT2D eigenvalue weighted by atomic mass is 79.9. The normalized spacial score (nSPS) is 11.1. The standard InChI is InChI=1S/C8H7BrFNO4S/c9-4-16(14,15)11-7-3-5(8(12)13)1-2-6(7)10/h1-3,11H,4H2,(H,12,13). The van der Waals surface area contributed by atoms with Gasteiger partial charge in [-0.2, -0.15) is 0 Å². The first-order valence-electron chi connectivity index (χ1n) is 3.95. The lowest BCUT2D eigenvalue weighted by Crippen LogP contribution is -2.14. The van der Waals surface area contributed by atoms with Crippen molar-refractivity contribution >= 4 is 37.6 Å². The molecule has 0 aliphatic heterocycles. The average Bonchev–Trinajstić information content (AvgIpc) is 2.21. The Morgan fingerprint density at radius 2 is 2.12 bits per heavy atom. The maximum absolute atomic E-state index is 13.2. The van der Waals surface area contributed by atoms with Crippen LogP contribution in [-0.2, 0) is 10.0 Å². The molecule has 0 aliphatic rings. The fraction of sp³-hybridized carbons (Fsp3) is 0.125. The highest BCUT2D eigenvalue weighted by Gasteiger charge is 2.13. The molecular formula is C8H7BrFNO4S. The van der Waals surface area contributed by atoms with E-state index in [-0.39, 0.29) is 11.3 Å². The lowest BCUT2D eigenvalue weighted by Gasteiger charge is -2.07. The van der Waals surface area contributed by atoms with Crippen molar-refractivity contribution < 1.29 is 22.7 Å². The molecule has 0 radical (unpaired) electrons. The van der Waals surface area contributed by atoms with Gasteiger partial charge in [-0.3, -0.25) is 4.72 Å². The van der Waals surface area contributed by atoms with Gasteiger partial charge in [-0.15, -0.1) is 0 Å². The third-order valence-electron chi connectivity index (χ3n) is 1.62. The molecule has 0 saturated carbocycles. The van der Waals surface area contributed by atoms with Crippen LogP contribution < -0.4 is 4.72 Å². The molecule has 0 aliphatic carbocycles. The number of carboxylic acids is 1. The first kappa shape index (κ1) is 12.9. The van der Waals surface area contributed by atoms with Gasteiger partial charge in [0.1, 0.15) is 10.5 Å². The van der Waals surface area contributed by atoms with Gasteiger partial charge in [0.2, 0.25) is 10.0 Å². The summed E-state index contributed by atoms with van der Waals surface area (Å²) in [5.74, 6) is -2.10. The number of aromatic carboxylic acids is 1. The van der Waals surface area contributed by atoms with E-state index in [9.17, 15) is 17.6 Å². The summed E-state index contributed by atoms with van der Waals surface area (Å²) in [6, 6.07) is 2.84. The lowest BCUT2D eigenvalue weighted by molar-refractivity contribution is 0.0697. The van der Waals surface area contributed by atoms with Crippen molar-refractivity contribution in [3.8, 4) is 0 Å². The zero-order valence-corrected chi connectivity index (χ0v) is 10.2. The number of carboxylic acid groups (broad SMARTS) is 1. The zero-order valence-electron chi connectivity index (χ0n) is 7.78. The fourth-order valence-electron chi connectivity index (χ4n) is 0.931. The molecule has 0 saturated heterocycles. The van der Waals surface area contributed by atoms with Crippen LogP contribution in [0.3, 0.4) is 0 Å². The molecule has 0 aromatic heterocycles. The van der Waals surface area contributed by atoms with Gasteiger partial charge in [0, 0.05) is 0 Å². The van der Waals surface area contributed by atoms with Crippen molar-refractivity contribution in [3.05, 3.63) is 29.6 Å². The molecule has 0 atom stereocenters. The molecule has 0 unspecified atom stereocenters. The number of rotatable bonds is 4. The lowest BCUT2D eigenvalue weighted by atomic mass is 10.2. The van der Waals surface area contributed by atoms with E-state index in [1.165, 1.54) is 0 Å². The van der Waals surface area contributed by atoms with Crippen LogP contribution in [0.5, 0.6) is 0 Å². The Morgan fingerprint density at radius 3 is 2.62 bits per heavy atom. The largest absolute Gasteiger partial charge is 0.478 e. The van der Waals surface area contributed by atoms with Crippen molar-refractivity contribution in [3.63, 3.8) is 0 Å². The van der Waals surface area contributed by atoms with Crippen LogP contribution in [0.2, 0.25) is 0 Å². The van der Waals surface area contributed by atoms with Gasteiger partial charge in [0.15, 0.2) is 0 Å². The number of sulfonamides is 1. The summed E-state index contributed by atoms with van der Waals surface area (Å²) in [5.41, 5.74) is -0.590. The van der Waals surface area contributed by atoms with Crippen LogP contribution >= 0.6 is 15.9 Å². The van der Waals surface area contributed by atoms with E-state index in [0.29, 0.717) is 0 Å². The SMILES string of the molecule is O=C(O)c1ccc(F)c(NS(=O)(=O)CBr)c1. The molecule has 1 aromatic rings. The Balaban J connectivity index is 3.13. The molecule has 0 spiro atoms. The monoisotopic (exact) mass is 311 g/mol. The maximum atomic E-state index is 13.2. The van der Waals surface area contributed by atoms with Gasteiger partial charge in [0.25, 0.3) is 0 Å². The van der Waals surface area contributed by atoms with Crippen LogP contribution in [0.15, 0.2) is 18.2 Å². The summed E-state index contributed by atoms with van der Waals surface area (Å²) in [6.07, 6.45) is 0. The molecule has 1 rings (SSSR count). The van der Waals surface area contributed by atoms with E-state index in [1.807, 2.05) is 4.72 Å². The fourth-order valence-corrected chi connectivity index (χ4v) is 1.82. The summed E-state index contributed by atoms with van der Waals surface area (Å²) in [5, 5.41) is 8.65. The van der Waals surface area contributed by atoms with Crippen molar-refractivity contribution in [2.45, 2.75) is 0 Å². The van der Waals surface area contributed by atoms with E-state index in [1.54, 1.807) is 0 Å². The topological polar surface area (TPSA) is 83.5 Å². The molecule has 1 aromatic carbocycles. The maximum Gasteiger partial charge on any atom is 0.335 e. The van der Waals surface area contributed by atoms with Gasteiger partial charge >= 0.3 is 5.97 Å². The van der Waals surface area contributed by atoms with E-state index < -0.39 is 26.5 Å². The molecule has 2 N–H and O–H groups in total. The molecule has 8 heteroatoms. The third-order valence-corrected chi connectivity index (χ3v) is 4.25. The molecular weight excluding hydrogens is 305 g/mol. The minimum atomic E-state index is -3.70. The van der Waals surface area contributed by atoms with Gasteiger partial charge in [-0.25, -0.2) is 17.6 Å².